The number of hydrogen-bond donors (Lipinski definition) is 2. The van der Waals surface area contributed by atoms with Crippen molar-refractivity contribution in [1.82, 2.24) is 15.2 Å². The van der Waals surface area contributed by atoms with Crippen molar-refractivity contribution in [3.63, 3.8) is 0 Å². The number of fused-ring (bicyclic) bond motifs is 1. The maximum atomic E-state index is 13.2. The predicted octanol–water partition coefficient (Wildman–Crippen LogP) is 3.37. The van der Waals surface area contributed by atoms with Gasteiger partial charge in [-0.3, -0.25) is 14.2 Å². The van der Waals surface area contributed by atoms with Crippen LogP contribution in [0.1, 0.15) is 38.8 Å². The smallest absolute Gasteiger partial charge is 0.419 e. The first kappa shape index (κ1) is 27.4. The first-order valence-corrected chi connectivity index (χ1v) is 12.0. The topological polar surface area (TPSA) is 116 Å². The number of ether oxygens (including phenoxy) is 2. The second-order valence-corrected chi connectivity index (χ2v) is 9.75. The molecule has 0 unspecified atom stereocenters. The monoisotopic (exact) mass is 507 g/mol. The summed E-state index contributed by atoms with van der Waals surface area (Å²) in [5.74, 6) is -1.54. The molecule has 1 aromatic heterocycles. The number of methoxy groups -OCH3 is 1. The Hall–Kier alpha value is -4.14. The van der Waals surface area contributed by atoms with E-state index in [9.17, 15) is 19.2 Å². The maximum absolute atomic E-state index is 13.2. The summed E-state index contributed by atoms with van der Waals surface area (Å²) >= 11 is 0. The number of carbonyl (C=O) groups excluding carboxylic acids is 4. The SMILES string of the molecule is COC(=O)[C@H](Cc1cn(C(=O)OC(C)(C)C)c2ccccc12)NC(=O)[C@H](Cc1ccccc1)NC(C)=O. The lowest BCUT2D eigenvalue weighted by Crippen LogP contribution is -2.53. The van der Waals surface area contributed by atoms with Gasteiger partial charge in [0.1, 0.15) is 17.7 Å². The van der Waals surface area contributed by atoms with Crippen LogP contribution >= 0.6 is 0 Å². The number of nitrogens with one attached hydrogen (secondary N) is 2. The lowest BCUT2D eigenvalue weighted by molar-refractivity contribution is -0.145. The molecule has 2 N–H and O–H groups in total. The average molecular weight is 508 g/mol. The van der Waals surface area contributed by atoms with Crippen LogP contribution in [0.3, 0.4) is 0 Å². The number of esters is 1. The fourth-order valence-electron chi connectivity index (χ4n) is 4.01. The van der Waals surface area contributed by atoms with E-state index in [1.807, 2.05) is 42.5 Å². The molecule has 3 aromatic rings. The Morgan fingerprint density at radius 2 is 1.54 bits per heavy atom. The Labute approximate surface area is 216 Å². The van der Waals surface area contributed by atoms with Gasteiger partial charge in [0.15, 0.2) is 0 Å². The molecule has 196 valence electrons. The standard InChI is InChI=1S/C28H33N3O6/c1-18(32)29-22(15-19-11-7-6-8-12-19)25(33)30-23(26(34)36-5)16-20-17-31(27(35)37-28(2,3)4)24-14-10-9-13-21(20)24/h6-14,17,22-23H,15-16H2,1-5H3,(H,29,32)(H,30,33)/t22-,23-/m0/s1. The van der Waals surface area contributed by atoms with Crippen molar-refractivity contribution < 1.29 is 28.7 Å². The van der Waals surface area contributed by atoms with Crippen molar-refractivity contribution in [3.05, 3.63) is 71.9 Å². The van der Waals surface area contributed by atoms with Gasteiger partial charge in [0.2, 0.25) is 11.8 Å². The average Bonchev–Trinajstić information content (AvgIpc) is 3.20. The molecule has 0 saturated carbocycles. The van der Waals surface area contributed by atoms with Crippen molar-refractivity contribution in [2.24, 2.45) is 0 Å². The first-order chi connectivity index (χ1) is 17.5. The molecular weight excluding hydrogens is 474 g/mol. The summed E-state index contributed by atoms with van der Waals surface area (Å²) in [5.41, 5.74) is 1.42. The number of hydrogen-bond acceptors (Lipinski definition) is 6. The number of nitrogens with zero attached hydrogens (tertiary/aromatic N) is 1. The molecule has 0 aliphatic heterocycles. The van der Waals surface area contributed by atoms with Gasteiger partial charge in [-0.1, -0.05) is 48.5 Å². The van der Waals surface area contributed by atoms with E-state index in [1.54, 1.807) is 39.1 Å². The van der Waals surface area contributed by atoms with Gasteiger partial charge in [0, 0.05) is 31.3 Å². The summed E-state index contributed by atoms with van der Waals surface area (Å²) in [5, 5.41) is 6.12. The molecule has 0 radical (unpaired) electrons. The normalized spacial score (nSPS) is 12.9. The molecule has 2 atom stereocenters. The highest BCUT2D eigenvalue weighted by molar-refractivity contribution is 5.94. The van der Waals surface area contributed by atoms with Gasteiger partial charge in [-0.15, -0.1) is 0 Å². The molecule has 3 rings (SSSR count). The highest BCUT2D eigenvalue weighted by Gasteiger charge is 2.29. The number of para-hydroxylation sites is 1. The number of carbonyl (C=O) groups is 4. The molecule has 0 saturated heterocycles. The third kappa shape index (κ3) is 7.42. The maximum Gasteiger partial charge on any atom is 0.419 e. The molecule has 0 spiro atoms. The van der Waals surface area contributed by atoms with E-state index in [0.717, 1.165) is 10.9 Å². The molecule has 0 aliphatic rings. The Kier molecular flexibility index (Phi) is 8.70. The van der Waals surface area contributed by atoms with Crippen molar-refractivity contribution in [2.75, 3.05) is 7.11 Å². The van der Waals surface area contributed by atoms with Crippen LogP contribution < -0.4 is 10.6 Å². The highest BCUT2D eigenvalue weighted by atomic mass is 16.6. The highest BCUT2D eigenvalue weighted by Crippen LogP contribution is 2.24. The minimum absolute atomic E-state index is 0.0624. The molecule has 0 fully saturated rings. The van der Waals surface area contributed by atoms with Gasteiger partial charge in [-0.2, -0.15) is 0 Å². The Bertz CT molecular complexity index is 1280. The van der Waals surface area contributed by atoms with Crippen LogP contribution in [-0.4, -0.2) is 53.2 Å². The van der Waals surface area contributed by atoms with Gasteiger partial charge in [0.05, 0.1) is 12.6 Å². The zero-order valence-corrected chi connectivity index (χ0v) is 21.7. The third-order valence-corrected chi connectivity index (χ3v) is 5.59. The van der Waals surface area contributed by atoms with E-state index in [4.69, 9.17) is 9.47 Å². The second kappa shape index (κ2) is 11.7. The number of aromatic nitrogens is 1. The molecule has 37 heavy (non-hydrogen) atoms. The van der Waals surface area contributed by atoms with Gasteiger partial charge in [-0.05, 0) is 38.0 Å². The third-order valence-electron chi connectivity index (χ3n) is 5.59. The first-order valence-electron chi connectivity index (χ1n) is 12.0. The van der Waals surface area contributed by atoms with Gasteiger partial charge in [-0.25, -0.2) is 9.59 Å². The van der Waals surface area contributed by atoms with Crippen molar-refractivity contribution >= 4 is 34.8 Å². The van der Waals surface area contributed by atoms with E-state index in [0.29, 0.717) is 11.1 Å². The lowest BCUT2D eigenvalue weighted by atomic mass is 10.0. The van der Waals surface area contributed by atoms with E-state index in [2.05, 4.69) is 10.6 Å². The van der Waals surface area contributed by atoms with E-state index >= 15 is 0 Å². The van der Waals surface area contributed by atoms with Crippen molar-refractivity contribution in [3.8, 4) is 0 Å². The van der Waals surface area contributed by atoms with E-state index in [1.165, 1.54) is 18.6 Å². The molecular formula is C28H33N3O6. The van der Waals surface area contributed by atoms with Crippen LogP contribution in [0.2, 0.25) is 0 Å². The lowest BCUT2D eigenvalue weighted by Gasteiger charge is -2.22. The second-order valence-electron chi connectivity index (χ2n) is 9.75. The molecule has 9 nitrogen and oxygen atoms in total. The van der Waals surface area contributed by atoms with E-state index < -0.39 is 35.7 Å². The van der Waals surface area contributed by atoms with Crippen LogP contribution in [0.4, 0.5) is 4.79 Å². The number of amides is 2. The summed E-state index contributed by atoms with van der Waals surface area (Å²) in [6.07, 6.45) is 1.36. The molecule has 9 heteroatoms. The molecule has 2 aromatic carbocycles. The summed E-state index contributed by atoms with van der Waals surface area (Å²) in [4.78, 5) is 50.6. The zero-order chi connectivity index (χ0) is 27.2. The quantitative estimate of drug-likeness (QED) is 0.452. The fraction of sp³-hybridized carbons (Fsp3) is 0.357. The Balaban J connectivity index is 1.89. The van der Waals surface area contributed by atoms with Gasteiger partial charge in [0.25, 0.3) is 0 Å². The van der Waals surface area contributed by atoms with Crippen LogP contribution in [0.25, 0.3) is 10.9 Å². The largest absolute Gasteiger partial charge is 0.467 e. The van der Waals surface area contributed by atoms with Crippen molar-refractivity contribution in [2.45, 2.75) is 58.2 Å². The predicted molar refractivity (Wildman–Crippen MR) is 139 cm³/mol. The number of benzene rings is 2. The van der Waals surface area contributed by atoms with Crippen LogP contribution in [0.15, 0.2) is 60.8 Å². The summed E-state index contributed by atoms with van der Waals surface area (Å²) in [6, 6.07) is 14.5. The van der Waals surface area contributed by atoms with Crippen LogP contribution in [-0.2, 0) is 36.7 Å². The Morgan fingerprint density at radius 3 is 2.16 bits per heavy atom. The number of rotatable bonds is 8. The minimum Gasteiger partial charge on any atom is -0.467 e. The Morgan fingerprint density at radius 1 is 0.892 bits per heavy atom. The van der Waals surface area contributed by atoms with Crippen LogP contribution in [0, 0.1) is 0 Å². The summed E-state index contributed by atoms with van der Waals surface area (Å²) < 4.78 is 11.9. The summed E-state index contributed by atoms with van der Waals surface area (Å²) in [6.45, 7) is 6.67. The van der Waals surface area contributed by atoms with E-state index in [-0.39, 0.29) is 18.7 Å². The van der Waals surface area contributed by atoms with Crippen molar-refractivity contribution in [1.29, 1.82) is 0 Å². The molecule has 1 heterocycles. The molecule has 0 bridgehead atoms. The summed E-state index contributed by atoms with van der Waals surface area (Å²) in [7, 11) is 1.24. The minimum atomic E-state index is -1.05. The van der Waals surface area contributed by atoms with Crippen LogP contribution in [0.5, 0.6) is 0 Å². The molecule has 2 amide bonds. The van der Waals surface area contributed by atoms with Gasteiger partial charge >= 0.3 is 12.1 Å². The zero-order valence-electron chi connectivity index (χ0n) is 21.7. The molecule has 0 aliphatic carbocycles. The fourth-order valence-corrected chi connectivity index (χ4v) is 4.01. The van der Waals surface area contributed by atoms with Gasteiger partial charge < -0.3 is 20.1 Å².